The van der Waals surface area contributed by atoms with Gasteiger partial charge in [-0.3, -0.25) is 10.2 Å². The lowest BCUT2D eigenvalue weighted by molar-refractivity contribution is 0.255. The van der Waals surface area contributed by atoms with Crippen molar-refractivity contribution < 1.29 is 0 Å². The number of hydrogen-bond acceptors (Lipinski definition) is 2. The Morgan fingerprint density at radius 2 is 2.11 bits per heavy atom. The maximum Gasteiger partial charge on any atom is 0.0894 e. The first-order valence-corrected chi connectivity index (χ1v) is 3.76. The summed E-state index contributed by atoms with van der Waals surface area (Å²) in [6.07, 6.45) is 2.78. The van der Waals surface area contributed by atoms with Crippen LogP contribution < -0.4 is 5.32 Å². The van der Waals surface area contributed by atoms with Crippen LogP contribution in [0.15, 0.2) is 0 Å². The molecule has 0 unspecified atom stereocenters. The van der Waals surface area contributed by atoms with Crippen LogP contribution in [0.3, 0.4) is 0 Å². The molecule has 3 rings (SSSR count). The average molecular weight is 125 g/mol. The smallest absolute Gasteiger partial charge is 0.0894 e. The maximum absolute atomic E-state index is 3.31. The highest BCUT2D eigenvalue weighted by atomic mass is 15.2. The van der Waals surface area contributed by atoms with E-state index in [0.717, 1.165) is 5.92 Å². The summed E-state index contributed by atoms with van der Waals surface area (Å²) in [5, 5.41) is 3.31. The van der Waals surface area contributed by atoms with Crippen LogP contribution in [0.2, 0.25) is 0 Å². The van der Waals surface area contributed by atoms with Crippen molar-refractivity contribution in [2.24, 2.45) is 5.92 Å². The van der Waals surface area contributed by atoms with Crippen molar-refractivity contribution in [3.63, 3.8) is 0 Å². The van der Waals surface area contributed by atoms with Gasteiger partial charge in [-0.15, -0.1) is 0 Å². The minimum Gasteiger partial charge on any atom is -0.299 e. The average Bonchev–Trinajstić information content (AvgIpc) is 2.21. The van der Waals surface area contributed by atoms with Crippen molar-refractivity contribution in [1.82, 2.24) is 10.2 Å². The number of nitrogens with zero attached hydrogens (tertiary/aromatic N) is 1. The van der Waals surface area contributed by atoms with E-state index >= 15 is 0 Å². The molecule has 9 heavy (non-hydrogen) atoms. The Hall–Kier alpha value is -0.0800. The van der Waals surface area contributed by atoms with Gasteiger partial charge < -0.3 is 0 Å². The molecule has 0 aromatic rings. The standard InChI is InChI=1S/C7H13N2/c1-3-9-4-2-7(1)5-8-6-9/h6-8H,1-5H2. The molecule has 0 atom stereocenters. The minimum absolute atomic E-state index is 0.958. The molecule has 3 aliphatic rings. The van der Waals surface area contributed by atoms with E-state index < -0.39 is 0 Å². The van der Waals surface area contributed by atoms with E-state index in [0.29, 0.717) is 0 Å². The molecule has 3 heterocycles. The highest BCUT2D eigenvalue weighted by Gasteiger charge is 2.22. The Labute approximate surface area is 56.2 Å². The molecular formula is C7H13N2. The summed E-state index contributed by atoms with van der Waals surface area (Å²) in [6.45, 7) is 5.90. The van der Waals surface area contributed by atoms with Gasteiger partial charge in [-0.1, -0.05) is 0 Å². The van der Waals surface area contributed by atoms with E-state index in [4.69, 9.17) is 0 Å². The third-order valence-electron chi connectivity index (χ3n) is 2.33. The molecule has 51 valence electrons. The van der Waals surface area contributed by atoms with E-state index in [1.807, 2.05) is 0 Å². The summed E-state index contributed by atoms with van der Waals surface area (Å²) in [5.74, 6) is 0.958. The minimum atomic E-state index is 0.958. The van der Waals surface area contributed by atoms with E-state index in [1.54, 1.807) is 0 Å². The predicted molar refractivity (Wildman–Crippen MR) is 36.6 cm³/mol. The fraction of sp³-hybridized carbons (Fsp3) is 0.857. The SMILES string of the molecule is [CH]1NCC2CCN1CC2. The molecule has 0 saturated carbocycles. The zero-order chi connectivity index (χ0) is 6.10. The second-order valence-electron chi connectivity index (χ2n) is 3.02. The summed E-state index contributed by atoms with van der Waals surface area (Å²) >= 11 is 0. The Balaban J connectivity index is 2.03. The molecule has 0 spiro atoms. The normalized spacial score (nSPS) is 42.7. The van der Waals surface area contributed by atoms with Gasteiger partial charge in [0.05, 0.1) is 6.67 Å². The first-order chi connectivity index (χ1) is 4.45. The second-order valence-corrected chi connectivity index (χ2v) is 3.02. The third kappa shape index (κ3) is 1.10. The van der Waals surface area contributed by atoms with Gasteiger partial charge in [0.25, 0.3) is 0 Å². The molecule has 2 nitrogen and oxygen atoms in total. The molecule has 3 saturated heterocycles. The number of nitrogens with one attached hydrogen (secondary N) is 1. The van der Waals surface area contributed by atoms with E-state index in [-0.39, 0.29) is 0 Å². The van der Waals surface area contributed by atoms with Gasteiger partial charge in [-0.05, 0) is 25.3 Å². The first kappa shape index (κ1) is 5.69. The predicted octanol–water partition coefficient (Wildman–Crippen LogP) is 0.421. The lowest BCUT2D eigenvalue weighted by atomic mass is 9.99. The molecule has 1 radical (unpaired) electrons. The largest absolute Gasteiger partial charge is 0.299 e. The number of fused-ring (bicyclic) bond motifs is 4. The Morgan fingerprint density at radius 1 is 1.33 bits per heavy atom. The van der Waals surface area contributed by atoms with Crippen LogP contribution in [0.5, 0.6) is 0 Å². The van der Waals surface area contributed by atoms with Gasteiger partial charge in [-0.25, -0.2) is 0 Å². The van der Waals surface area contributed by atoms with E-state index in [9.17, 15) is 0 Å². The van der Waals surface area contributed by atoms with Crippen LogP contribution in [0.4, 0.5) is 0 Å². The van der Waals surface area contributed by atoms with Crippen molar-refractivity contribution in [3.8, 4) is 0 Å². The van der Waals surface area contributed by atoms with Crippen LogP contribution in [0.1, 0.15) is 12.8 Å². The Morgan fingerprint density at radius 3 is 2.89 bits per heavy atom. The third-order valence-corrected chi connectivity index (χ3v) is 2.33. The van der Waals surface area contributed by atoms with Crippen molar-refractivity contribution >= 4 is 0 Å². The lowest BCUT2D eigenvalue weighted by Crippen LogP contribution is -2.29. The molecule has 0 amide bonds. The molecule has 2 heteroatoms. The van der Waals surface area contributed by atoms with Gasteiger partial charge in [0.1, 0.15) is 0 Å². The van der Waals surface area contributed by atoms with Gasteiger partial charge in [0.15, 0.2) is 0 Å². The Bertz CT molecular complexity index is 77.6. The number of rotatable bonds is 0. The highest BCUT2D eigenvalue weighted by molar-refractivity contribution is 4.82. The first-order valence-electron chi connectivity index (χ1n) is 3.76. The topological polar surface area (TPSA) is 15.3 Å². The molecular weight excluding hydrogens is 112 g/mol. The molecule has 0 aliphatic carbocycles. The van der Waals surface area contributed by atoms with Crippen molar-refractivity contribution in [2.45, 2.75) is 12.8 Å². The highest BCUT2D eigenvalue weighted by Crippen LogP contribution is 2.19. The maximum atomic E-state index is 3.31. The monoisotopic (exact) mass is 125 g/mol. The van der Waals surface area contributed by atoms with Gasteiger partial charge in [0.2, 0.25) is 0 Å². The van der Waals surface area contributed by atoms with Crippen molar-refractivity contribution in [1.29, 1.82) is 0 Å². The fourth-order valence-corrected chi connectivity index (χ4v) is 1.63. The summed E-state index contributed by atoms with van der Waals surface area (Å²) in [4.78, 5) is 2.38. The van der Waals surface area contributed by atoms with E-state index in [2.05, 4.69) is 16.9 Å². The van der Waals surface area contributed by atoms with Crippen LogP contribution in [0.25, 0.3) is 0 Å². The number of piperidine rings is 1. The van der Waals surface area contributed by atoms with Crippen molar-refractivity contribution in [2.75, 3.05) is 19.6 Å². The fourth-order valence-electron chi connectivity index (χ4n) is 1.63. The van der Waals surface area contributed by atoms with Gasteiger partial charge in [0, 0.05) is 13.1 Å². The quantitative estimate of drug-likeness (QED) is 0.505. The summed E-state index contributed by atoms with van der Waals surface area (Å²) in [6, 6.07) is 0. The van der Waals surface area contributed by atoms with Crippen molar-refractivity contribution in [3.05, 3.63) is 6.67 Å². The number of hydrogen-bond donors (Lipinski definition) is 1. The van der Waals surface area contributed by atoms with Crippen LogP contribution in [-0.4, -0.2) is 24.5 Å². The molecule has 3 fully saturated rings. The lowest BCUT2D eigenvalue weighted by Gasteiger charge is -2.24. The molecule has 0 aromatic carbocycles. The molecule has 3 aliphatic heterocycles. The van der Waals surface area contributed by atoms with Crippen LogP contribution >= 0.6 is 0 Å². The van der Waals surface area contributed by atoms with Crippen LogP contribution in [0, 0.1) is 12.6 Å². The molecule has 0 aromatic heterocycles. The molecule has 1 N–H and O–H groups in total. The van der Waals surface area contributed by atoms with Crippen LogP contribution in [-0.2, 0) is 0 Å². The van der Waals surface area contributed by atoms with Gasteiger partial charge >= 0.3 is 0 Å². The van der Waals surface area contributed by atoms with Gasteiger partial charge in [-0.2, -0.15) is 0 Å². The van der Waals surface area contributed by atoms with E-state index in [1.165, 1.54) is 32.5 Å². The summed E-state index contributed by atoms with van der Waals surface area (Å²) in [5.41, 5.74) is 0. The summed E-state index contributed by atoms with van der Waals surface area (Å²) in [7, 11) is 0. The summed E-state index contributed by atoms with van der Waals surface area (Å²) < 4.78 is 0. The Kier molecular flexibility index (Phi) is 1.44. The zero-order valence-electron chi connectivity index (χ0n) is 5.64. The second kappa shape index (κ2) is 2.27. The molecule has 2 bridgehead atoms. The zero-order valence-corrected chi connectivity index (χ0v) is 5.64.